The lowest BCUT2D eigenvalue weighted by atomic mass is 10.1. The van der Waals surface area contributed by atoms with E-state index in [0.717, 1.165) is 16.6 Å². The monoisotopic (exact) mass is 360 g/mol. The van der Waals surface area contributed by atoms with Crippen molar-refractivity contribution in [3.8, 4) is 0 Å². The van der Waals surface area contributed by atoms with Crippen LogP contribution in [0.1, 0.15) is 45.0 Å². The molecule has 25 heavy (non-hydrogen) atoms. The van der Waals surface area contributed by atoms with Gasteiger partial charge in [-0.2, -0.15) is 0 Å². The van der Waals surface area contributed by atoms with Crippen LogP contribution < -0.4 is 5.73 Å². The molecule has 0 aromatic carbocycles. The van der Waals surface area contributed by atoms with Gasteiger partial charge in [0.25, 0.3) is 0 Å². The van der Waals surface area contributed by atoms with Gasteiger partial charge in [-0.1, -0.05) is 6.07 Å². The fourth-order valence-electron chi connectivity index (χ4n) is 3.09. The first-order valence-electron chi connectivity index (χ1n) is 8.08. The van der Waals surface area contributed by atoms with Crippen molar-refractivity contribution < 1.29 is 19.1 Å². The maximum Gasteiger partial charge on any atom is 0.350 e. The van der Waals surface area contributed by atoms with E-state index in [1.54, 1.807) is 13.8 Å². The number of esters is 2. The third-order valence-corrected chi connectivity index (χ3v) is 5.15. The maximum absolute atomic E-state index is 12.6. The summed E-state index contributed by atoms with van der Waals surface area (Å²) in [5, 5.41) is 0. The minimum Gasteiger partial charge on any atom is -0.462 e. The molecular weight excluding hydrogens is 340 g/mol. The number of nitrogens with two attached hydrogens (primary N) is 1. The van der Waals surface area contributed by atoms with Crippen molar-refractivity contribution in [1.82, 2.24) is 4.40 Å². The molecule has 0 spiro atoms. The van der Waals surface area contributed by atoms with Gasteiger partial charge in [0.15, 0.2) is 0 Å². The highest BCUT2D eigenvalue weighted by Gasteiger charge is 2.28. The largest absolute Gasteiger partial charge is 0.462 e. The number of ether oxygens (including phenoxy) is 2. The summed E-state index contributed by atoms with van der Waals surface area (Å²) in [6.45, 7) is 7.94. The number of nitrogens with zero attached hydrogens (tertiary/aromatic N) is 1. The van der Waals surface area contributed by atoms with Gasteiger partial charge in [-0.15, -0.1) is 11.3 Å². The highest BCUT2D eigenvalue weighted by atomic mass is 32.1. The Morgan fingerprint density at radius 2 is 1.76 bits per heavy atom. The summed E-state index contributed by atoms with van der Waals surface area (Å²) in [6, 6.07) is 2.00. The van der Waals surface area contributed by atoms with Crippen LogP contribution in [0.3, 0.4) is 0 Å². The smallest absolute Gasteiger partial charge is 0.350 e. The second-order valence-corrected chi connectivity index (χ2v) is 6.78. The van der Waals surface area contributed by atoms with Crippen molar-refractivity contribution >= 4 is 44.7 Å². The van der Waals surface area contributed by atoms with Gasteiger partial charge in [0.05, 0.1) is 34.6 Å². The molecule has 6 nitrogen and oxygen atoms in total. The second kappa shape index (κ2) is 6.40. The Morgan fingerprint density at radius 1 is 1.12 bits per heavy atom. The number of pyridine rings is 1. The summed E-state index contributed by atoms with van der Waals surface area (Å²) in [7, 11) is 0. The molecule has 0 bridgehead atoms. The molecule has 0 aliphatic heterocycles. The predicted molar refractivity (Wildman–Crippen MR) is 98.6 cm³/mol. The van der Waals surface area contributed by atoms with Crippen molar-refractivity contribution in [1.29, 1.82) is 0 Å². The van der Waals surface area contributed by atoms with E-state index in [2.05, 4.69) is 0 Å². The summed E-state index contributed by atoms with van der Waals surface area (Å²) in [4.78, 5) is 25.1. The SMILES string of the molecule is CCOC(=O)c1sc2c(C(=O)OCC)c3c(C)cc(C)cn3c2c1N. The van der Waals surface area contributed by atoms with Gasteiger partial charge < -0.3 is 19.6 Å². The number of fused-ring (bicyclic) bond motifs is 3. The molecule has 3 aromatic rings. The Hall–Kier alpha value is -2.54. The molecule has 3 aromatic heterocycles. The number of thiophene rings is 1. The number of aryl methyl sites for hydroxylation is 2. The average molecular weight is 360 g/mol. The molecule has 2 N–H and O–H groups in total. The van der Waals surface area contributed by atoms with Gasteiger partial charge in [-0.3, -0.25) is 0 Å². The lowest BCUT2D eigenvalue weighted by Crippen LogP contribution is -2.06. The molecule has 3 rings (SSSR count). The number of rotatable bonds is 4. The van der Waals surface area contributed by atoms with Crippen LogP contribution in [-0.4, -0.2) is 29.6 Å². The van der Waals surface area contributed by atoms with E-state index in [4.69, 9.17) is 15.2 Å². The van der Waals surface area contributed by atoms with E-state index in [1.807, 2.05) is 30.5 Å². The highest BCUT2D eigenvalue weighted by molar-refractivity contribution is 7.22. The lowest BCUT2D eigenvalue weighted by molar-refractivity contribution is 0.0521. The molecule has 0 amide bonds. The van der Waals surface area contributed by atoms with Crippen molar-refractivity contribution in [2.45, 2.75) is 27.7 Å². The molecule has 0 saturated heterocycles. The summed E-state index contributed by atoms with van der Waals surface area (Å²) in [5.41, 5.74) is 10.4. The van der Waals surface area contributed by atoms with Gasteiger partial charge >= 0.3 is 11.9 Å². The fourth-order valence-corrected chi connectivity index (χ4v) is 4.23. The Balaban J connectivity index is 2.42. The van der Waals surface area contributed by atoms with Crippen LogP contribution in [0.15, 0.2) is 12.3 Å². The first kappa shape index (κ1) is 17.3. The molecule has 0 aliphatic carbocycles. The summed E-state index contributed by atoms with van der Waals surface area (Å²) < 4.78 is 12.8. The van der Waals surface area contributed by atoms with Crippen LogP contribution in [0.5, 0.6) is 0 Å². The van der Waals surface area contributed by atoms with Gasteiger partial charge in [0, 0.05) is 6.20 Å². The van der Waals surface area contributed by atoms with Crippen LogP contribution in [0.25, 0.3) is 15.7 Å². The third-order valence-electron chi connectivity index (χ3n) is 3.96. The number of hydrogen-bond acceptors (Lipinski definition) is 6. The van der Waals surface area contributed by atoms with Gasteiger partial charge in [-0.25, -0.2) is 9.59 Å². The minimum absolute atomic E-state index is 0.261. The zero-order chi connectivity index (χ0) is 18.3. The maximum atomic E-state index is 12.6. The molecule has 3 heterocycles. The van der Waals surface area contributed by atoms with E-state index in [0.29, 0.717) is 26.3 Å². The van der Waals surface area contributed by atoms with E-state index >= 15 is 0 Å². The van der Waals surface area contributed by atoms with Gasteiger partial charge in [0.2, 0.25) is 0 Å². The standard InChI is InChI=1S/C18H20N2O4S/c1-5-23-17(21)11-13-10(4)7-9(3)8-20(13)14-12(19)16(25-15(11)14)18(22)24-6-2/h7-8H,5-6,19H2,1-4H3. The van der Waals surface area contributed by atoms with E-state index in [1.165, 1.54) is 11.3 Å². The molecule has 0 fully saturated rings. The molecular formula is C18H20N2O4S. The Bertz CT molecular complexity index is 1000. The zero-order valence-corrected chi connectivity index (χ0v) is 15.5. The summed E-state index contributed by atoms with van der Waals surface area (Å²) in [6.07, 6.45) is 1.91. The van der Waals surface area contributed by atoms with Crippen LogP contribution in [-0.2, 0) is 9.47 Å². The second-order valence-electron chi connectivity index (χ2n) is 5.76. The molecule has 0 radical (unpaired) electrons. The molecule has 7 heteroatoms. The summed E-state index contributed by atoms with van der Waals surface area (Å²) >= 11 is 1.17. The van der Waals surface area contributed by atoms with Crippen molar-refractivity contribution in [2.75, 3.05) is 18.9 Å². The van der Waals surface area contributed by atoms with Crippen LogP contribution in [0.4, 0.5) is 5.69 Å². The number of aromatic nitrogens is 1. The average Bonchev–Trinajstić information content (AvgIpc) is 3.03. The topological polar surface area (TPSA) is 83.0 Å². The Kier molecular flexibility index (Phi) is 4.43. The first-order chi connectivity index (χ1) is 11.9. The number of carbonyl (C=O) groups is 2. The van der Waals surface area contributed by atoms with E-state index < -0.39 is 11.9 Å². The molecule has 0 atom stereocenters. The lowest BCUT2D eigenvalue weighted by Gasteiger charge is -2.07. The van der Waals surface area contributed by atoms with Gasteiger partial charge in [-0.05, 0) is 38.8 Å². The predicted octanol–water partition coefficient (Wildman–Crippen LogP) is 3.71. The Labute approximate surface area is 149 Å². The van der Waals surface area contributed by atoms with Crippen molar-refractivity contribution in [3.63, 3.8) is 0 Å². The van der Waals surface area contributed by atoms with Gasteiger partial charge in [0.1, 0.15) is 10.4 Å². The van der Waals surface area contributed by atoms with E-state index in [-0.39, 0.29) is 13.2 Å². The number of carbonyl (C=O) groups excluding carboxylic acids is 2. The van der Waals surface area contributed by atoms with Crippen LogP contribution in [0, 0.1) is 13.8 Å². The minimum atomic E-state index is -0.478. The third kappa shape index (κ3) is 2.64. The van der Waals surface area contributed by atoms with Crippen molar-refractivity contribution in [2.24, 2.45) is 0 Å². The molecule has 0 unspecified atom stereocenters. The normalized spacial score (nSPS) is 11.2. The Morgan fingerprint density at radius 3 is 2.40 bits per heavy atom. The van der Waals surface area contributed by atoms with E-state index in [9.17, 15) is 9.59 Å². The summed E-state index contributed by atoms with van der Waals surface area (Å²) in [5.74, 6) is -0.896. The molecule has 0 saturated carbocycles. The van der Waals surface area contributed by atoms with Crippen molar-refractivity contribution in [3.05, 3.63) is 33.8 Å². The quantitative estimate of drug-likeness (QED) is 0.717. The number of nitrogen functional groups attached to an aromatic ring is 1. The van der Waals surface area contributed by atoms with Crippen LogP contribution >= 0.6 is 11.3 Å². The van der Waals surface area contributed by atoms with Crippen LogP contribution in [0.2, 0.25) is 0 Å². The molecule has 132 valence electrons. The number of hydrogen-bond donors (Lipinski definition) is 1. The zero-order valence-electron chi connectivity index (χ0n) is 14.6. The fraction of sp³-hybridized carbons (Fsp3) is 0.333. The first-order valence-corrected chi connectivity index (χ1v) is 8.89. The number of anilines is 1. The highest BCUT2D eigenvalue weighted by Crippen LogP contribution is 2.41. The molecule has 0 aliphatic rings.